The molecule has 6 heteroatoms. The third kappa shape index (κ3) is 5.02. The second-order valence-electron chi connectivity index (χ2n) is 5.59. The van der Waals surface area contributed by atoms with E-state index < -0.39 is 23.8 Å². The van der Waals surface area contributed by atoms with Gasteiger partial charge in [0, 0.05) is 0 Å². The van der Waals surface area contributed by atoms with E-state index in [1.165, 1.54) is 6.07 Å². The predicted octanol–water partition coefficient (Wildman–Crippen LogP) is 3.10. The highest BCUT2D eigenvalue weighted by molar-refractivity contribution is 9.10. The molecule has 0 aliphatic rings. The Kier molecular flexibility index (Phi) is 5.42. The Balaban J connectivity index is 2.69. The molecule has 0 aromatic heterocycles. The number of ether oxygens (including phenoxy) is 1. The van der Waals surface area contributed by atoms with Gasteiger partial charge >= 0.3 is 6.09 Å². The molecule has 1 aromatic carbocycles. The van der Waals surface area contributed by atoms with Gasteiger partial charge in [-0.05, 0) is 61.3 Å². The van der Waals surface area contributed by atoms with Crippen molar-refractivity contribution in [2.24, 2.45) is 0 Å². The van der Waals surface area contributed by atoms with Crippen LogP contribution in [-0.4, -0.2) is 27.9 Å². The molecule has 0 heterocycles. The fraction of sp³-hybridized carbons (Fsp3) is 0.500. The van der Waals surface area contributed by atoms with Crippen molar-refractivity contribution in [3.63, 3.8) is 0 Å². The Morgan fingerprint density at radius 2 is 2.00 bits per heavy atom. The number of rotatable bonds is 3. The summed E-state index contributed by atoms with van der Waals surface area (Å²) in [5.74, 6) is 0.0334. The van der Waals surface area contributed by atoms with Crippen LogP contribution in [0.3, 0.4) is 0 Å². The number of phenols is 1. The largest absolute Gasteiger partial charge is 0.507 e. The zero-order valence-electron chi connectivity index (χ0n) is 12.0. The number of carbonyl (C=O) groups excluding carboxylic acids is 1. The molecule has 0 aliphatic heterocycles. The molecule has 20 heavy (non-hydrogen) atoms. The van der Waals surface area contributed by atoms with E-state index in [0.29, 0.717) is 10.0 Å². The van der Waals surface area contributed by atoms with Crippen LogP contribution in [0.5, 0.6) is 5.75 Å². The number of nitrogens with one attached hydrogen (secondary N) is 1. The van der Waals surface area contributed by atoms with Gasteiger partial charge in [-0.15, -0.1) is 0 Å². The fourth-order valence-corrected chi connectivity index (χ4v) is 1.82. The van der Waals surface area contributed by atoms with E-state index >= 15 is 0 Å². The summed E-state index contributed by atoms with van der Waals surface area (Å²) >= 11 is 3.17. The lowest BCUT2D eigenvalue weighted by Crippen LogP contribution is -2.40. The van der Waals surface area contributed by atoms with Crippen LogP contribution in [0.1, 0.15) is 39.4 Å². The average Bonchev–Trinajstić information content (AvgIpc) is 2.29. The van der Waals surface area contributed by atoms with Crippen molar-refractivity contribution < 1.29 is 19.7 Å². The fourth-order valence-electron chi connectivity index (χ4n) is 1.57. The van der Waals surface area contributed by atoms with Gasteiger partial charge in [0.1, 0.15) is 11.4 Å². The van der Waals surface area contributed by atoms with Crippen molar-refractivity contribution in [3.8, 4) is 5.75 Å². The topological polar surface area (TPSA) is 78.8 Å². The number of aliphatic hydroxyl groups is 1. The van der Waals surface area contributed by atoms with Crippen LogP contribution in [0.15, 0.2) is 22.7 Å². The van der Waals surface area contributed by atoms with Crippen LogP contribution < -0.4 is 5.32 Å². The molecule has 3 N–H and O–H groups in total. The van der Waals surface area contributed by atoms with Crippen molar-refractivity contribution in [1.29, 1.82) is 0 Å². The molecule has 1 rings (SSSR count). The highest BCUT2D eigenvalue weighted by Crippen LogP contribution is 2.28. The van der Waals surface area contributed by atoms with E-state index in [9.17, 15) is 15.0 Å². The number of hydrogen-bond acceptors (Lipinski definition) is 4. The van der Waals surface area contributed by atoms with Gasteiger partial charge in [-0.1, -0.05) is 6.07 Å². The van der Waals surface area contributed by atoms with Crippen molar-refractivity contribution in [2.45, 2.75) is 45.4 Å². The van der Waals surface area contributed by atoms with E-state index in [4.69, 9.17) is 4.74 Å². The molecule has 0 saturated carbocycles. The maximum atomic E-state index is 11.6. The number of amides is 1. The smallest absolute Gasteiger partial charge is 0.407 e. The first kappa shape index (κ1) is 16.8. The lowest BCUT2D eigenvalue weighted by atomic mass is 10.0. The molecule has 0 fully saturated rings. The van der Waals surface area contributed by atoms with Gasteiger partial charge in [0.2, 0.25) is 0 Å². The summed E-state index contributed by atoms with van der Waals surface area (Å²) in [4.78, 5) is 11.6. The van der Waals surface area contributed by atoms with Crippen LogP contribution in [0, 0.1) is 0 Å². The summed E-state index contributed by atoms with van der Waals surface area (Å²) in [6.07, 6.45) is -1.54. The molecule has 0 aliphatic carbocycles. The molecular formula is C14H20BrNO4. The van der Waals surface area contributed by atoms with Crippen molar-refractivity contribution >= 4 is 22.0 Å². The summed E-state index contributed by atoms with van der Waals surface area (Å²) in [6.45, 7) is 6.95. The minimum atomic E-state index is -0.943. The van der Waals surface area contributed by atoms with Crippen LogP contribution >= 0.6 is 15.9 Å². The number of phenolic OH excluding ortho intramolecular Hbond substituents is 1. The first-order valence-corrected chi connectivity index (χ1v) is 7.05. The Morgan fingerprint density at radius 1 is 1.40 bits per heavy atom. The highest BCUT2D eigenvalue weighted by Gasteiger charge is 2.22. The summed E-state index contributed by atoms with van der Waals surface area (Å²) < 4.78 is 5.66. The standard InChI is InChI=1S/C14H20BrNO4/c1-8(16-13(19)20-14(2,3)4)12(18)9-5-6-10(15)11(17)7-9/h5-8,12,17-18H,1-4H3,(H,16,19)/t8-,12-/m0/s1/i15-4. The normalized spacial score (nSPS) is 14.5. The molecular weight excluding hydrogens is 322 g/mol. The zero-order valence-corrected chi connectivity index (χ0v) is 13.6. The second kappa shape index (κ2) is 6.45. The minimum absolute atomic E-state index is 0.0334. The zero-order chi connectivity index (χ0) is 15.5. The lowest BCUT2D eigenvalue weighted by molar-refractivity contribution is 0.0435. The van der Waals surface area contributed by atoms with Crippen LogP contribution in [0.4, 0.5) is 4.79 Å². The second-order valence-corrected chi connectivity index (χ2v) is 6.44. The first-order chi connectivity index (χ1) is 9.10. The van der Waals surface area contributed by atoms with E-state index in [0.717, 1.165) is 0 Å². The number of hydrogen-bond donors (Lipinski definition) is 3. The van der Waals surface area contributed by atoms with E-state index in [-0.39, 0.29) is 5.75 Å². The number of halogens is 1. The molecule has 0 saturated heterocycles. The molecule has 5 nitrogen and oxygen atoms in total. The number of aromatic hydroxyl groups is 1. The summed E-state index contributed by atoms with van der Waals surface area (Å²) in [5.41, 5.74) is -0.0841. The number of carbonyl (C=O) groups is 1. The summed E-state index contributed by atoms with van der Waals surface area (Å²) in [5, 5.41) is 22.3. The monoisotopic (exact) mass is 342 g/mol. The summed E-state index contributed by atoms with van der Waals surface area (Å²) in [7, 11) is 0. The van der Waals surface area contributed by atoms with Gasteiger partial charge in [-0.2, -0.15) is 0 Å². The molecule has 2 atom stereocenters. The predicted molar refractivity (Wildman–Crippen MR) is 79.6 cm³/mol. The SMILES string of the molecule is C[C@H](NC(=O)OC(C)(C)C)[C@H](O)c1ccc([76Br])c(O)c1. The Bertz CT molecular complexity index is 485. The van der Waals surface area contributed by atoms with Crippen LogP contribution in [-0.2, 0) is 4.74 Å². The molecule has 112 valence electrons. The van der Waals surface area contributed by atoms with Gasteiger partial charge in [0.15, 0.2) is 0 Å². The lowest BCUT2D eigenvalue weighted by Gasteiger charge is -2.24. The van der Waals surface area contributed by atoms with Crippen LogP contribution in [0.25, 0.3) is 0 Å². The van der Waals surface area contributed by atoms with Gasteiger partial charge in [-0.3, -0.25) is 0 Å². The minimum Gasteiger partial charge on any atom is -0.507 e. The highest BCUT2D eigenvalue weighted by atomic mass is 75.9. The first-order valence-electron chi connectivity index (χ1n) is 6.26. The number of aliphatic hydroxyl groups excluding tert-OH is 1. The van der Waals surface area contributed by atoms with E-state index in [1.54, 1.807) is 39.8 Å². The Hall–Kier alpha value is -1.27. The van der Waals surface area contributed by atoms with Crippen molar-refractivity contribution in [1.82, 2.24) is 5.32 Å². The van der Waals surface area contributed by atoms with Gasteiger partial charge in [-0.25, -0.2) is 4.79 Å². The van der Waals surface area contributed by atoms with Crippen molar-refractivity contribution in [2.75, 3.05) is 0 Å². The molecule has 0 bridgehead atoms. The van der Waals surface area contributed by atoms with Gasteiger partial charge in [0.05, 0.1) is 16.6 Å². The quantitative estimate of drug-likeness (QED) is 0.789. The van der Waals surface area contributed by atoms with E-state index in [2.05, 4.69) is 21.2 Å². The maximum absolute atomic E-state index is 11.6. The number of benzene rings is 1. The third-order valence-electron chi connectivity index (χ3n) is 2.53. The van der Waals surface area contributed by atoms with Crippen LogP contribution in [0.2, 0.25) is 0 Å². The Labute approximate surface area is 127 Å². The summed E-state index contributed by atoms with van der Waals surface area (Å²) in [6, 6.07) is 4.20. The molecule has 1 aromatic rings. The van der Waals surface area contributed by atoms with Crippen molar-refractivity contribution in [3.05, 3.63) is 28.2 Å². The molecule has 1 amide bonds. The molecule has 0 unspecified atom stereocenters. The van der Waals surface area contributed by atoms with E-state index in [1.807, 2.05) is 0 Å². The average molecular weight is 342 g/mol. The Morgan fingerprint density at radius 3 is 2.50 bits per heavy atom. The number of alkyl carbamates (subject to hydrolysis) is 1. The molecule has 0 spiro atoms. The van der Waals surface area contributed by atoms with Gasteiger partial charge in [0.25, 0.3) is 0 Å². The third-order valence-corrected chi connectivity index (χ3v) is 3.20. The van der Waals surface area contributed by atoms with Gasteiger partial charge < -0.3 is 20.3 Å². The maximum Gasteiger partial charge on any atom is 0.407 e. The molecule has 0 radical (unpaired) electrons.